The number of fused-ring (bicyclic) bond motifs is 2. The molecule has 0 bridgehead atoms. The van der Waals surface area contributed by atoms with Crippen molar-refractivity contribution >= 4 is 28.2 Å². The van der Waals surface area contributed by atoms with E-state index in [1.165, 1.54) is 5.56 Å². The number of carbonyl (C=O) groups is 1. The normalized spacial score (nSPS) is 14.3. The number of alkyl halides is 1. The number of rotatable bonds is 10. The largest absolute Gasteiger partial charge is 0.457 e. The predicted octanol–water partition coefficient (Wildman–Crippen LogP) is 6.26. The van der Waals surface area contributed by atoms with Gasteiger partial charge in [0.25, 0.3) is 0 Å². The maximum Gasteiger partial charge on any atom is 0.338 e. The first-order chi connectivity index (χ1) is 20.9. The van der Waals surface area contributed by atoms with Gasteiger partial charge in [-0.25, -0.2) is 13.9 Å². The van der Waals surface area contributed by atoms with Crippen LogP contribution >= 0.6 is 0 Å². The molecule has 6 rings (SSSR count). The molecule has 0 spiro atoms. The minimum absolute atomic E-state index is 0.0363. The fourth-order valence-corrected chi connectivity index (χ4v) is 5.73. The number of anilines is 2. The average molecular weight is 579 g/mol. The summed E-state index contributed by atoms with van der Waals surface area (Å²) in [7, 11) is 0. The van der Waals surface area contributed by atoms with Crippen LogP contribution in [0.1, 0.15) is 33.5 Å². The Morgan fingerprint density at radius 1 is 1.05 bits per heavy atom. The van der Waals surface area contributed by atoms with Crippen LogP contribution in [-0.4, -0.2) is 52.8 Å². The Labute approximate surface area is 250 Å². The van der Waals surface area contributed by atoms with E-state index in [4.69, 9.17) is 4.74 Å². The Morgan fingerprint density at radius 3 is 2.70 bits per heavy atom. The molecule has 7 nitrogen and oxygen atoms in total. The summed E-state index contributed by atoms with van der Waals surface area (Å²) in [4.78, 5) is 14.9. The molecule has 0 aliphatic carbocycles. The summed E-state index contributed by atoms with van der Waals surface area (Å²) in [6, 6.07) is 28.8. The van der Waals surface area contributed by atoms with Crippen molar-refractivity contribution in [3.05, 3.63) is 119 Å². The second kappa shape index (κ2) is 12.3. The molecule has 2 N–H and O–H groups in total. The van der Waals surface area contributed by atoms with Crippen molar-refractivity contribution in [1.29, 1.82) is 0 Å². The Kier molecular flexibility index (Phi) is 8.11. The highest BCUT2D eigenvalue weighted by molar-refractivity contribution is 5.94. The Balaban J connectivity index is 1.20. The number of halogens is 1. The lowest BCUT2D eigenvalue weighted by atomic mass is 9.98. The van der Waals surface area contributed by atoms with Gasteiger partial charge in [-0.15, -0.1) is 0 Å². The molecule has 0 saturated heterocycles. The number of para-hydroxylation sites is 1. The van der Waals surface area contributed by atoms with Crippen molar-refractivity contribution in [3.8, 4) is 5.69 Å². The highest BCUT2D eigenvalue weighted by Gasteiger charge is 2.32. The van der Waals surface area contributed by atoms with E-state index >= 15 is 0 Å². The van der Waals surface area contributed by atoms with E-state index in [2.05, 4.69) is 21.4 Å². The van der Waals surface area contributed by atoms with Crippen LogP contribution in [-0.2, 0) is 17.8 Å². The van der Waals surface area contributed by atoms with Crippen LogP contribution in [0, 0.1) is 6.92 Å². The van der Waals surface area contributed by atoms with Crippen molar-refractivity contribution in [1.82, 2.24) is 9.78 Å². The quantitative estimate of drug-likeness (QED) is 0.191. The molecule has 4 aromatic carbocycles. The smallest absolute Gasteiger partial charge is 0.338 e. The van der Waals surface area contributed by atoms with Crippen molar-refractivity contribution in [3.63, 3.8) is 0 Å². The standard InChI is InChI=1S/C35H35FN4O3/c1-25-17-31(37-23-35(42,22-36)24-39-16-8-13-27-11-5-6-15-32(27)39)30-20-38-40(33(30)18-25)29-14-7-12-28(19-29)34(41)43-21-26-9-3-2-4-10-26/h2-7,9-12,14-15,17-20,37,42H,8,13,16,21-24H2,1H3. The van der Waals surface area contributed by atoms with Gasteiger partial charge in [-0.05, 0) is 72.9 Å². The fourth-order valence-electron chi connectivity index (χ4n) is 5.73. The van der Waals surface area contributed by atoms with Crippen LogP contribution < -0.4 is 10.2 Å². The number of benzene rings is 4. The lowest BCUT2D eigenvalue weighted by Gasteiger charge is -2.37. The third kappa shape index (κ3) is 6.24. The van der Waals surface area contributed by atoms with Gasteiger partial charge in [-0.3, -0.25) is 0 Å². The molecule has 1 atom stereocenters. The number of hydrogen-bond acceptors (Lipinski definition) is 6. The monoisotopic (exact) mass is 578 g/mol. The van der Waals surface area contributed by atoms with E-state index in [1.807, 2.05) is 73.7 Å². The van der Waals surface area contributed by atoms with Crippen LogP contribution in [0.4, 0.5) is 15.8 Å². The lowest BCUT2D eigenvalue weighted by molar-refractivity contribution is 0.0341. The zero-order valence-electron chi connectivity index (χ0n) is 24.2. The van der Waals surface area contributed by atoms with Gasteiger partial charge in [0.2, 0.25) is 0 Å². The maximum absolute atomic E-state index is 14.4. The third-order valence-electron chi connectivity index (χ3n) is 7.92. The Morgan fingerprint density at radius 2 is 1.86 bits per heavy atom. The summed E-state index contributed by atoms with van der Waals surface area (Å²) in [5.41, 5.74) is 5.32. The maximum atomic E-state index is 14.4. The molecule has 5 aromatic rings. The average Bonchev–Trinajstić information content (AvgIpc) is 3.47. The minimum atomic E-state index is -1.58. The third-order valence-corrected chi connectivity index (χ3v) is 7.92. The van der Waals surface area contributed by atoms with E-state index in [0.29, 0.717) is 11.3 Å². The summed E-state index contributed by atoms with van der Waals surface area (Å²) in [6.07, 6.45) is 3.70. The van der Waals surface area contributed by atoms with Gasteiger partial charge in [0, 0.05) is 29.9 Å². The molecule has 0 fully saturated rings. The van der Waals surface area contributed by atoms with Gasteiger partial charge in [0.1, 0.15) is 18.9 Å². The molecular weight excluding hydrogens is 543 g/mol. The molecule has 1 unspecified atom stereocenters. The molecule has 220 valence electrons. The predicted molar refractivity (Wildman–Crippen MR) is 168 cm³/mol. The Bertz CT molecular complexity index is 1740. The van der Waals surface area contributed by atoms with E-state index in [-0.39, 0.29) is 19.7 Å². The van der Waals surface area contributed by atoms with Crippen LogP contribution in [0.2, 0.25) is 0 Å². The summed E-state index contributed by atoms with van der Waals surface area (Å²) in [6.45, 7) is 2.30. The van der Waals surface area contributed by atoms with E-state index in [1.54, 1.807) is 29.1 Å². The van der Waals surface area contributed by atoms with Crippen molar-refractivity contribution in [2.24, 2.45) is 0 Å². The second-order valence-electron chi connectivity index (χ2n) is 11.3. The number of aromatic nitrogens is 2. The highest BCUT2D eigenvalue weighted by Crippen LogP contribution is 2.30. The highest BCUT2D eigenvalue weighted by atomic mass is 19.1. The lowest BCUT2D eigenvalue weighted by Crippen LogP contribution is -2.51. The molecule has 8 heteroatoms. The topological polar surface area (TPSA) is 79.6 Å². The van der Waals surface area contributed by atoms with Crippen LogP contribution in [0.25, 0.3) is 16.6 Å². The second-order valence-corrected chi connectivity index (χ2v) is 11.3. The first-order valence-electron chi connectivity index (χ1n) is 14.6. The zero-order valence-corrected chi connectivity index (χ0v) is 24.2. The number of carbonyl (C=O) groups excluding carboxylic acids is 1. The summed E-state index contributed by atoms with van der Waals surface area (Å²) < 4.78 is 21.7. The number of nitrogens with zero attached hydrogens (tertiary/aromatic N) is 3. The number of aryl methyl sites for hydroxylation is 2. The van der Waals surface area contributed by atoms with Gasteiger partial charge in [-0.2, -0.15) is 5.10 Å². The van der Waals surface area contributed by atoms with Gasteiger partial charge >= 0.3 is 5.97 Å². The van der Waals surface area contributed by atoms with Crippen molar-refractivity contribution in [2.75, 3.05) is 36.5 Å². The van der Waals surface area contributed by atoms with E-state index in [9.17, 15) is 14.3 Å². The first kappa shape index (κ1) is 28.4. The molecule has 2 heterocycles. The number of esters is 1. The number of β-amino-alcohol motifs (C(OH)–C–C–N with tert-alkyl or cyclic N) is 1. The first-order valence-corrected chi connectivity index (χ1v) is 14.6. The van der Waals surface area contributed by atoms with Crippen LogP contribution in [0.5, 0.6) is 0 Å². The fraction of sp³-hybridized carbons (Fsp3) is 0.257. The zero-order chi connectivity index (χ0) is 29.8. The van der Waals surface area contributed by atoms with Gasteiger partial charge in [0.05, 0.1) is 29.5 Å². The number of nitrogens with one attached hydrogen (secondary N) is 1. The molecule has 0 radical (unpaired) electrons. The number of hydrogen-bond donors (Lipinski definition) is 2. The molecule has 0 saturated carbocycles. The summed E-state index contributed by atoms with van der Waals surface area (Å²) >= 11 is 0. The van der Waals surface area contributed by atoms with Crippen LogP contribution in [0.3, 0.4) is 0 Å². The SMILES string of the molecule is Cc1cc(NCC(O)(CF)CN2CCCc3ccccc32)c2cnn(-c3cccc(C(=O)OCc4ccccc4)c3)c2c1. The molecule has 1 aliphatic rings. The van der Waals surface area contributed by atoms with Crippen molar-refractivity contribution in [2.45, 2.75) is 32.0 Å². The van der Waals surface area contributed by atoms with Crippen molar-refractivity contribution < 1.29 is 19.0 Å². The molecule has 1 aromatic heterocycles. The van der Waals surface area contributed by atoms with Crippen LogP contribution in [0.15, 0.2) is 97.2 Å². The minimum Gasteiger partial charge on any atom is -0.457 e. The van der Waals surface area contributed by atoms with E-state index < -0.39 is 18.2 Å². The molecule has 1 aliphatic heterocycles. The summed E-state index contributed by atoms with van der Waals surface area (Å²) in [5.74, 6) is -0.414. The van der Waals surface area contributed by atoms with Gasteiger partial charge < -0.3 is 20.1 Å². The molecule has 43 heavy (non-hydrogen) atoms. The van der Waals surface area contributed by atoms with Gasteiger partial charge in [0.15, 0.2) is 0 Å². The van der Waals surface area contributed by atoms with E-state index in [0.717, 1.165) is 52.8 Å². The number of ether oxygens (including phenoxy) is 1. The summed E-state index contributed by atoms with van der Waals surface area (Å²) in [5, 5.41) is 20.1. The number of aliphatic hydroxyl groups is 1. The molecule has 0 amide bonds. The Hall–Kier alpha value is -4.69. The molecular formula is C35H35FN4O3. The van der Waals surface area contributed by atoms with Gasteiger partial charge in [-0.1, -0.05) is 54.6 Å².